The van der Waals surface area contributed by atoms with Crippen molar-refractivity contribution in [1.82, 2.24) is 19.7 Å². The van der Waals surface area contributed by atoms with Gasteiger partial charge in [-0.15, -0.1) is 11.3 Å². The molecule has 0 aromatic carbocycles. The molecule has 7 nitrogen and oxygen atoms in total. The lowest BCUT2D eigenvalue weighted by Gasteiger charge is -2.20. The average molecular weight is 341 g/mol. The lowest BCUT2D eigenvalue weighted by Crippen LogP contribution is -2.37. The number of hydrogen-bond donors (Lipinski definition) is 1. The maximum absolute atomic E-state index is 12.3. The van der Waals surface area contributed by atoms with Crippen LogP contribution in [0.1, 0.15) is 6.04 Å². The highest BCUT2D eigenvalue weighted by Crippen LogP contribution is 2.23. The number of rotatable bonds is 4. The molecule has 0 bridgehead atoms. The van der Waals surface area contributed by atoms with Crippen LogP contribution < -0.4 is 10.9 Å². The molecule has 1 fully saturated rings. The molecule has 2 unspecified atom stereocenters. The summed E-state index contributed by atoms with van der Waals surface area (Å²) in [6, 6.07) is 6.79. The molecule has 1 aliphatic rings. The van der Waals surface area contributed by atoms with Crippen LogP contribution in [0.15, 0.2) is 53.0 Å². The lowest BCUT2D eigenvalue weighted by atomic mass is 10.1. The number of anilines is 1. The summed E-state index contributed by atoms with van der Waals surface area (Å²) in [5.41, 5.74) is 1.51. The zero-order chi connectivity index (χ0) is 16.4. The molecule has 3 aromatic rings. The fraction of sp³-hybridized carbons (Fsp3) is 0.250. The fourth-order valence-corrected chi connectivity index (χ4v) is 3.31. The van der Waals surface area contributed by atoms with Gasteiger partial charge < -0.3 is 10.1 Å². The van der Waals surface area contributed by atoms with Crippen LogP contribution in [0.3, 0.4) is 0 Å². The molecule has 24 heavy (non-hydrogen) atoms. The summed E-state index contributed by atoms with van der Waals surface area (Å²) in [5, 5.41) is 10.6. The molecule has 1 N–H and O–H groups in total. The molecule has 0 spiro atoms. The Labute approximate surface area is 142 Å². The molecule has 2 atom stereocenters. The number of aromatic nitrogens is 4. The Morgan fingerprint density at radius 3 is 2.83 bits per heavy atom. The van der Waals surface area contributed by atoms with Gasteiger partial charge in [-0.1, -0.05) is 0 Å². The second-order valence-electron chi connectivity index (χ2n) is 5.43. The van der Waals surface area contributed by atoms with Crippen molar-refractivity contribution >= 4 is 16.5 Å². The van der Waals surface area contributed by atoms with Gasteiger partial charge in [0.15, 0.2) is 5.13 Å². The maximum Gasteiger partial charge on any atom is 0.267 e. The van der Waals surface area contributed by atoms with Gasteiger partial charge in [-0.2, -0.15) is 5.10 Å². The maximum atomic E-state index is 12.3. The number of hydrogen-bond acceptors (Lipinski definition) is 7. The van der Waals surface area contributed by atoms with Gasteiger partial charge in [0.05, 0.1) is 24.9 Å². The van der Waals surface area contributed by atoms with E-state index in [1.165, 1.54) is 16.0 Å². The first-order valence-corrected chi connectivity index (χ1v) is 8.43. The minimum Gasteiger partial charge on any atom is -0.377 e. The molecule has 0 saturated carbocycles. The summed E-state index contributed by atoms with van der Waals surface area (Å²) in [5.74, 6) is 0. The molecule has 4 heterocycles. The first-order chi connectivity index (χ1) is 11.8. The first-order valence-electron chi connectivity index (χ1n) is 7.55. The molecular formula is C16H15N5O2S. The normalized spacial score (nSPS) is 20.2. The Morgan fingerprint density at radius 1 is 1.17 bits per heavy atom. The van der Waals surface area contributed by atoms with E-state index >= 15 is 0 Å². The van der Waals surface area contributed by atoms with Crippen molar-refractivity contribution in [3.63, 3.8) is 0 Å². The van der Waals surface area contributed by atoms with Gasteiger partial charge in [-0.05, 0) is 18.2 Å². The smallest absolute Gasteiger partial charge is 0.267 e. The van der Waals surface area contributed by atoms with E-state index in [9.17, 15) is 4.79 Å². The Morgan fingerprint density at radius 2 is 2.04 bits per heavy atom. The van der Waals surface area contributed by atoms with Gasteiger partial charge in [0.25, 0.3) is 5.56 Å². The molecule has 122 valence electrons. The highest BCUT2D eigenvalue weighted by Gasteiger charge is 2.32. The van der Waals surface area contributed by atoms with E-state index in [0.717, 1.165) is 16.4 Å². The van der Waals surface area contributed by atoms with Crippen LogP contribution >= 0.6 is 11.3 Å². The van der Waals surface area contributed by atoms with Gasteiger partial charge in [0, 0.05) is 35.6 Å². The molecule has 0 radical (unpaired) electrons. The predicted molar refractivity (Wildman–Crippen MR) is 91.1 cm³/mol. The summed E-state index contributed by atoms with van der Waals surface area (Å²) in [6.45, 7) is 0.952. The van der Waals surface area contributed by atoms with Crippen molar-refractivity contribution < 1.29 is 4.74 Å². The lowest BCUT2D eigenvalue weighted by molar-refractivity contribution is 0.183. The molecular weight excluding hydrogens is 326 g/mol. The zero-order valence-electron chi connectivity index (χ0n) is 12.7. The van der Waals surface area contributed by atoms with Crippen LogP contribution in [0.5, 0.6) is 0 Å². The van der Waals surface area contributed by atoms with Crippen LogP contribution in [0, 0.1) is 0 Å². The third-order valence-electron chi connectivity index (χ3n) is 3.91. The van der Waals surface area contributed by atoms with Crippen molar-refractivity contribution in [3.05, 3.63) is 58.6 Å². The average Bonchev–Trinajstić information content (AvgIpc) is 3.29. The fourth-order valence-electron chi connectivity index (χ4n) is 2.71. The van der Waals surface area contributed by atoms with Gasteiger partial charge in [0.2, 0.25) is 0 Å². The second kappa shape index (κ2) is 6.50. The second-order valence-corrected chi connectivity index (χ2v) is 6.32. The topological polar surface area (TPSA) is 81.9 Å². The summed E-state index contributed by atoms with van der Waals surface area (Å²) in [4.78, 5) is 20.6. The van der Waals surface area contributed by atoms with Crippen LogP contribution in [-0.2, 0) is 4.74 Å². The summed E-state index contributed by atoms with van der Waals surface area (Å²) in [7, 11) is 0. The molecule has 3 aromatic heterocycles. The third-order valence-corrected chi connectivity index (χ3v) is 4.61. The Kier molecular flexibility index (Phi) is 4.06. The van der Waals surface area contributed by atoms with E-state index in [2.05, 4.69) is 20.4 Å². The number of nitrogens with one attached hydrogen (secondary N) is 1. The van der Waals surface area contributed by atoms with E-state index in [-0.39, 0.29) is 17.6 Å². The van der Waals surface area contributed by atoms with Gasteiger partial charge in [-0.3, -0.25) is 9.78 Å². The summed E-state index contributed by atoms with van der Waals surface area (Å²) >= 11 is 1.52. The highest BCUT2D eigenvalue weighted by atomic mass is 32.1. The van der Waals surface area contributed by atoms with E-state index in [1.807, 2.05) is 17.5 Å². The number of pyridine rings is 1. The van der Waals surface area contributed by atoms with E-state index in [4.69, 9.17) is 4.74 Å². The van der Waals surface area contributed by atoms with E-state index in [1.54, 1.807) is 30.7 Å². The van der Waals surface area contributed by atoms with Crippen molar-refractivity contribution in [2.75, 3.05) is 18.5 Å². The summed E-state index contributed by atoms with van der Waals surface area (Å²) < 4.78 is 7.09. The molecule has 0 amide bonds. The van der Waals surface area contributed by atoms with Crippen molar-refractivity contribution in [3.8, 4) is 11.3 Å². The van der Waals surface area contributed by atoms with E-state index < -0.39 is 0 Å². The Bertz CT molecular complexity index is 866. The van der Waals surface area contributed by atoms with Crippen molar-refractivity contribution in [2.24, 2.45) is 0 Å². The zero-order valence-corrected chi connectivity index (χ0v) is 13.5. The molecule has 1 aliphatic heterocycles. The van der Waals surface area contributed by atoms with Crippen LogP contribution in [0.25, 0.3) is 11.3 Å². The third kappa shape index (κ3) is 2.93. The van der Waals surface area contributed by atoms with Gasteiger partial charge in [0.1, 0.15) is 6.04 Å². The van der Waals surface area contributed by atoms with Crippen molar-refractivity contribution in [2.45, 2.75) is 12.1 Å². The van der Waals surface area contributed by atoms with Crippen molar-refractivity contribution in [1.29, 1.82) is 0 Å². The Hall–Kier alpha value is -2.58. The Balaban J connectivity index is 1.66. The molecule has 4 rings (SSSR count). The van der Waals surface area contributed by atoms with Crippen LogP contribution in [-0.4, -0.2) is 39.0 Å². The first kappa shape index (κ1) is 15.0. The van der Waals surface area contributed by atoms with Gasteiger partial charge >= 0.3 is 0 Å². The minimum atomic E-state index is -0.178. The summed E-state index contributed by atoms with van der Waals surface area (Å²) in [6.07, 6.45) is 5.15. The van der Waals surface area contributed by atoms with Crippen LogP contribution in [0.4, 0.5) is 5.13 Å². The SMILES string of the molecule is O=c1ccc(-c2ccncc2)nn1C1COCC1Nc1nccs1. The highest BCUT2D eigenvalue weighted by molar-refractivity contribution is 7.13. The monoisotopic (exact) mass is 341 g/mol. The molecule has 0 aliphatic carbocycles. The number of ether oxygens (including phenoxy) is 1. The quantitative estimate of drug-likeness (QED) is 0.779. The number of nitrogens with zero attached hydrogens (tertiary/aromatic N) is 4. The largest absolute Gasteiger partial charge is 0.377 e. The number of thiazole rings is 1. The van der Waals surface area contributed by atoms with E-state index in [0.29, 0.717) is 13.2 Å². The minimum absolute atomic E-state index is 0.0472. The standard InChI is InChI=1S/C16H15N5O2S/c22-15-2-1-12(11-3-5-17-6-4-11)20-21(15)14-10-23-9-13(14)19-16-18-7-8-24-16/h1-8,13-14H,9-10H2,(H,18,19). The van der Waals surface area contributed by atoms with Crippen LogP contribution in [0.2, 0.25) is 0 Å². The van der Waals surface area contributed by atoms with Gasteiger partial charge in [-0.25, -0.2) is 9.67 Å². The predicted octanol–water partition coefficient (Wildman–Crippen LogP) is 1.81. The molecule has 1 saturated heterocycles. The molecule has 8 heteroatoms.